The van der Waals surface area contributed by atoms with Crippen LogP contribution in [0.3, 0.4) is 0 Å². The number of piperidine rings is 1. The van der Waals surface area contributed by atoms with Gasteiger partial charge in [-0.2, -0.15) is 0 Å². The fraction of sp³-hybridized carbons (Fsp3) is 0.333. The topological polar surface area (TPSA) is 93.1 Å². The third-order valence-corrected chi connectivity index (χ3v) is 5.19. The van der Waals surface area contributed by atoms with Gasteiger partial charge in [0.1, 0.15) is 5.60 Å². The summed E-state index contributed by atoms with van der Waals surface area (Å²) in [6, 6.07) is 13.0. The van der Waals surface area contributed by atoms with Gasteiger partial charge in [-0.25, -0.2) is 4.79 Å². The highest BCUT2D eigenvalue weighted by atomic mass is 16.7. The molecule has 1 fully saturated rings. The number of alkyl carbamates (subject to hydrolysis) is 1. The molecule has 2 aliphatic heterocycles. The first-order valence-corrected chi connectivity index (χ1v) is 9.58. The summed E-state index contributed by atoms with van der Waals surface area (Å²) in [7, 11) is 0. The second-order valence-electron chi connectivity index (χ2n) is 7.19. The zero-order valence-corrected chi connectivity index (χ0v) is 15.9. The summed E-state index contributed by atoms with van der Waals surface area (Å²) in [6.07, 6.45) is 4.34. The van der Waals surface area contributed by atoms with Crippen LogP contribution in [0.25, 0.3) is 0 Å². The smallest absolute Gasteiger partial charge is 0.392 e. The van der Waals surface area contributed by atoms with Gasteiger partial charge in [-0.05, 0) is 17.7 Å². The molecule has 1 spiro atoms. The average Bonchev–Trinajstić information content (AvgIpc) is 3.15. The fourth-order valence-electron chi connectivity index (χ4n) is 3.52. The quantitative estimate of drug-likeness (QED) is 0.864. The number of rotatable bonds is 3. The number of amides is 2. The van der Waals surface area contributed by atoms with Crippen LogP contribution in [-0.2, 0) is 16.1 Å². The predicted octanol–water partition coefficient (Wildman–Crippen LogP) is 2.72. The molecule has 150 valence electrons. The molecule has 1 aromatic heterocycles. The number of hydrogen-bond donors (Lipinski definition) is 1. The van der Waals surface area contributed by atoms with E-state index in [1.54, 1.807) is 29.4 Å². The van der Waals surface area contributed by atoms with Crippen molar-refractivity contribution in [2.45, 2.75) is 31.4 Å². The number of oxime groups is 1. The van der Waals surface area contributed by atoms with Gasteiger partial charge in [-0.15, -0.1) is 0 Å². The fourth-order valence-corrected chi connectivity index (χ4v) is 3.52. The van der Waals surface area contributed by atoms with Crippen molar-refractivity contribution in [3.63, 3.8) is 0 Å². The van der Waals surface area contributed by atoms with Gasteiger partial charge in [0.15, 0.2) is 0 Å². The molecule has 4 rings (SSSR count). The first-order chi connectivity index (χ1) is 14.1. The van der Waals surface area contributed by atoms with Crippen LogP contribution in [-0.4, -0.2) is 46.5 Å². The van der Waals surface area contributed by atoms with E-state index in [-0.39, 0.29) is 11.8 Å². The average molecular weight is 394 g/mol. The second kappa shape index (κ2) is 8.30. The Bertz CT molecular complexity index is 893. The van der Waals surface area contributed by atoms with Crippen LogP contribution in [0, 0.1) is 0 Å². The minimum atomic E-state index is -0.557. The number of carbonyl (C=O) groups is 2. The van der Waals surface area contributed by atoms with Crippen molar-refractivity contribution in [1.29, 1.82) is 0 Å². The molecule has 1 saturated heterocycles. The number of hydrogen-bond acceptors (Lipinski definition) is 6. The number of nitrogens with one attached hydrogen (secondary N) is 1. The molecule has 0 unspecified atom stereocenters. The molecule has 8 nitrogen and oxygen atoms in total. The molecule has 29 heavy (non-hydrogen) atoms. The largest absolute Gasteiger partial charge is 0.414 e. The van der Waals surface area contributed by atoms with Crippen molar-refractivity contribution in [2.24, 2.45) is 5.16 Å². The standard InChI is InChI=1S/C21H22N4O4/c26-19(17-6-10-22-11-7-17)25-12-8-21(9-13-25)14-18(24-29-21)28-20(27)23-15-16-4-2-1-3-5-16/h1-7,10-11H,8-9,12-15H2,(H,23,27). The Morgan fingerprint density at radius 3 is 2.55 bits per heavy atom. The summed E-state index contributed by atoms with van der Waals surface area (Å²) >= 11 is 0. The third kappa shape index (κ3) is 4.53. The number of benzene rings is 1. The maximum atomic E-state index is 12.6. The summed E-state index contributed by atoms with van der Waals surface area (Å²) in [5.74, 6) is 0.252. The lowest BCUT2D eigenvalue weighted by molar-refractivity contribution is -0.0568. The van der Waals surface area contributed by atoms with Crippen molar-refractivity contribution in [3.05, 3.63) is 66.0 Å². The van der Waals surface area contributed by atoms with E-state index in [1.807, 2.05) is 30.3 Å². The molecule has 1 aromatic carbocycles. The van der Waals surface area contributed by atoms with E-state index in [2.05, 4.69) is 15.5 Å². The number of aromatic nitrogens is 1. The van der Waals surface area contributed by atoms with Crippen LogP contribution < -0.4 is 5.32 Å². The Labute approximate surface area is 168 Å². The van der Waals surface area contributed by atoms with Gasteiger partial charge in [0.05, 0.1) is 6.42 Å². The highest BCUT2D eigenvalue weighted by Gasteiger charge is 2.44. The number of carbonyl (C=O) groups excluding carboxylic acids is 2. The maximum Gasteiger partial charge on any atom is 0.414 e. The monoisotopic (exact) mass is 394 g/mol. The van der Waals surface area contributed by atoms with Gasteiger partial charge in [-0.1, -0.05) is 35.5 Å². The maximum absolute atomic E-state index is 12.6. The molecule has 2 aliphatic rings. The van der Waals surface area contributed by atoms with Crippen LogP contribution in [0.5, 0.6) is 0 Å². The molecule has 0 aliphatic carbocycles. The van der Waals surface area contributed by atoms with E-state index in [4.69, 9.17) is 9.57 Å². The molecule has 8 heteroatoms. The molecule has 2 aromatic rings. The van der Waals surface area contributed by atoms with Crippen molar-refractivity contribution < 1.29 is 19.2 Å². The second-order valence-corrected chi connectivity index (χ2v) is 7.19. The summed E-state index contributed by atoms with van der Waals surface area (Å²) in [4.78, 5) is 35.9. The van der Waals surface area contributed by atoms with Gasteiger partial charge < -0.3 is 19.8 Å². The lowest BCUT2D eigenvalue weighted by atomic mass is 9.88. The minimum absolute atomic E-state index is 0.0158. The Balaban J connectivity index is 1.24. The van der Waals surface area contributed by atoms with Crippen LogP contribution in [0.15, 0.2) is 60.0 Å². The Morgan fingerprint density at radius 1 is 1.10 bits per heavy atom. The third-order valence-electron chi connectivity index (χ3n) is 5.19. The first kappa shape index (κ1) is 18.9. The summed E-state index contributed by atoms with van der Waals surface area (Å²) in [5.41, 5.74) is 1.10. The molecule has 1 N–H and O–H groups in total. The van der Waals surface area contributed by atoms with E-state index in [0.717, 1.165) is 5.56 Å². The van der Waals surface area contributed by atoms with Crippen molar-refractivity contribution in [1.82, 2.24) is 15.2 Å². The number of likely N-dealkylation sites (tertiary alicyclic amines) is 1. The highest BCUT2D eigenvalue weighted by molar-refractivity contribution is 5.94. The number of nitrogens with zero attached hydrogens (tertiary/aromatic N) is 3. The molecular weight excluding hydrogens is 372 g/mol. The summed E-state index contributed by atoms with van der Waals surface area (Å²) in [5, 5.41) is 6.66. The molecule has 0 radical (unpaired) electrons. The van der Waals surface area contributed by atoms with Crippen LogP contribution in [0.2, 0.25) is 0 Å². The molecule has 0 atom stereocenters. The van der Waals surface area contributed by atoms with Crippen LogP contribution in [0.1, 0.15) is 35.2 Å². The first-order valence-electron chi connectivity index (χ1n) is 9.58. The van der Waals surface area contributed by atoms with Gasteiger partial charge in [0.25, 0.3) is 5.91 Å². The van der Waals surface area contributed by atoms with Gasteiger partial charge >= 0.3 is 6.09 Å². The molecule has 0 bridgehead atoms. The summed E-state index contributed by atoms with van der Waals surface area (Å²) in [6.45, 7) is 1.50. The number of pyridine rings is 1. The van der Waals surface area contributed by atoms with Crippen molar-refractivity contribution in [2.75, 3.05) is 13.1 Å². The number of ether oxygens (including phenoxy) is 1. The van der Waals surface area contributed by atoms with E-state index in [9.17, 15) is 9.59 Å². The zero-order chi connectivity index (χ0) is 20.1. The van der Waals surface area contributed by atoms with E-state index < -0.39 is 11.7 Å². The molecule has 3 heterocycles. The van der Waals surface area contributed by atoms with E-state index in [1.165, 1.54) is 0 Å². The molecule has 0 saturated carbocycles. The lowest BCUT2D eigenvalue weighted by Gasteiger charge is -2.36. The predicted molar refractivity (Wildman–Crippen MR) is 105 cm³/mol. The normalized spacial score (nSPS) is 17.4. The van der Waals surface area contributed by atoms with E-state index >= 15 is 0 Å². The Morgan fingerprint density at radius 2 is 1.83 bits per heavy atom. The van der Waals surface area contributed by atoms with Gasteiger partial charge in [0.2, 0.25) is 5.90 Å². The minimum Gasteiger partial charge on any atom is -0.392 e. The Hall–Kier alpha value is -3.42. The van der Waals surface area contributed by atoms with Crippen LogP contribution in [0.4, 0.5) is 4.79 Å². The highest BCUT2D eigenvalue weighted by Crippen LogP contribution is 2.35. The van der Waals surface area contributed by atoms with Gasteiger partial charge in [0, 0.05) is 50.4 Å². The Kier molecular flexibility index (Phi) is 5.41. The van der Waals surface area contributed by atoms with Crippen LogP contribution >= 0.6 is 0 Å². The van der Waals surface area contributed by atoms with Crippen molar-refractivity contribution in [3.8, 4) is 0 Å². The molecule has 2 amide bonds. The summed E-state index contributed by atoms with van der Waals surface area (Å²) < 4.78 is 5.29. The zero-order valence-electron chi connectivity index (χ0n) is 15.9. The van der Waals surface area contributed by atoms with Crippen molar-refractivity contribution >= 4 is 17.9 Å². The lowest BCUT2D eigenvalue weighted by Crippen LogP contribution is -2.47. The van der Waals surface area contributed by atoms with E-state index in [0.29, 0.717) is 44.5 Å². The SMILES string of the molecule is O=C(NCc1ccccc1)OC1=NOC2(CCN(C(=O)c3ccncc3)CC2)C1. The van der Waals surface area contributed by atoms with Gasteiger partial charge in [-0.3, -0.25) is 9.78 Å². The molecular formula is C21H22N4O4.